The van der Waals surface area contributed by atoms with Crippen molar-refractivity contribution in [2.24, 2.45) is 5.92 Å². The van der Waals surface area contributed by atoms with Crippen LogP contribution in [0, 0.1) is 11.7 Å². The van der Waals surface area contributed by atoms with Crippen molar-refractivity contribution >= 4 is 11.6 Å². The lowest BCUT2D eigenvalue weighted by molar-refractivity contribution is 0.316. The fourth-order valence-corrected chi connectivity index (χ4v) is 3.61. The molecule has 0 spiro atoms. The highest BCUT2D eigenvalue weighted by atomic mass is 35.5. The van der Waals surface area contributed by atoms with Gasteiger partial charge < -0.3 is 5.32 Å². The van der Waals surface area contributed by atoms with Gasteiger partial charge in [0.15, 0.2) is 0 Å². The Labute approximate surface area is 126 Å². The monoisotopic (exact) mass is 297 g/mol. The number of hydrogen-bond donors (Lipinski definition) is 1. The van der Waals surface area contributed by atoms with Gasteiger partial charge in [-0.1, -0.05) is 43.4 Å². The Hall–Kier alpha value is -0.600. The van der Waals surface area contributed by atoms with E-state index in [-0.39, 0.29) is 11.9 Å². The molecule has 2 rings (SSSR count). The van der Waals surface area contributed by atoms with Crippen molar-refractivity contribution < 1.29 is 4.39 Å². The predicted octanol–water partition coefficient (Wildman–Crippen LogP) is 5.49. The molecule has 1 N–H and O–H groups in total. The minimum atomic E-state index is -0.275. The molecule has 1 aliphatic rings. The van der Waals surface area contributed by atoms with Crippen LogP contribution in [0.1, 0.15) is 64.0 Å². The molecule has 0 aliphatic heterocycles. The van der Waals surface area contributed by atoms with Crippen molar-refractivity contribution in [3.05, 3.63) is 34.6 Å². The SMILES string of the molecule is CC(N[C@@H](C)C1CCCCCC1)c1ccc(F)cc1Cl. The number of halogens is 2. The molecule has 1 unspecified atom stereocenters. The summed E-state index contributed by atoms with van der Waals surface area (Å²) in [5.74, 6) is 0.474. The van der Waals surface area contributed by atoms with E-state index in [0.29, 0.717) is 11.1 Å². The minimum Gasteiger partial charge on any atom is -0.307 e. The first kappa shape index (κ1) is 15.8. The second-order valence-corrected chi connectivity index (χ2v) is 6.50. The van der Waals surface area contributed by atoms with Crippen molar-refractivity contribution in [1.82, 2.24) is 5.32 Å². The van der Waals surface area contributed by atoms with Gasteiger partial charge in [0.2, 0.25) is 0 Å². The molecule has 1 aliphatic carbocycles. The van der Waals surface area contributed by atoms with Gasteiger partial charge >= 0.3 is 0 Å². The third kappa shape index (κ3) is 4.20. The summed E-state index contributed by atoms with van der Waals surface area (Å²) in [5, 5.41) is 4.16. The van der Waals surface area contributed by atoms with E-state index in [0.717, 1.165) is 11.5 Å². The Morgan fingerprint density at radius 2 is 1.80 bits per heavy atom. The lowest BCUT2D eigenvalue weighted by atomic mass is 9.92. The lowest BCUT2D eigenvalue weighted by Gasteiger charge is -2.27. The van der Waals surface area contributed by atoms with Gasteiger partial charge in [0.1, 0.15) is 5.82 Å². The van der Waals surface area contributed by atoms with Crippen LogP contribution in [0.2, 0.25) is 5.02 Å². The summed E-state index contributed by atoms with van der Waals surface area (Å²) < 4.78 is 13.1. The van der Waals surface area contributed by atoms with E-state index >= 15 is 0 Å². The van der Waals surface area contributed by atoms with E-state index in [1.54, 1.807) is 6.07 Å². The molecule has 0 bridgehead atoms. The summed E-state index contributed by atoms with van der Waals surface area (Å²) in [6, 6.07) is 5.29. The molecule has 0 saturated heterocycles. The van der Waals surface area contributed by atoms with Crippen molar-refractivity contribution in [2.45, 2.75) is 64.5 Å². The number of benzene rings is 1. The molecule has 1 fully saturated rings. The van der Waals surface area contributed by atoms with Crippen LogP contribution in [0.25, 0.3) is 0 Å². The highest BCUT2D eigenvalue weighted by Crippen LogP contribution is 2.28. The number of rotatable bonds is 4. The van der Waals surface area contributed by atoms with Gasteiger partial charge in [0.05, 0.1) is 0 Å². The van der Waals surface area contributed by atoms with Gasteiger partial charge in [-0.2, -0.15) is 0 Å². The van der Waals surface area contributed by atoms with Crippen LogP contribution in [0.15, 0.2) is 18.2 Å². The van der Waals surface area contributed by atoms with E-state index in [2.05, 4.69) is 19.2 Å². The van der Waals surface area contributed by atoms with Crippen LogP contribution >= 0.6 is 11.6 Å². The largest absolute Gasteiger partial charge is 0.307 e. The molecule has 1 aromatic rings. The van der Waals surface area contributed by atoms with Crippen LogP contribution in [-0.2, 0) is 0 Å². The van der Waals surface area contributed by atoms with E-state index < -0.39 is 0 Å². The van der Waals surface area contributed by atoms with Gasteiger partial charge in [-0.3, -0.25) is 0 Å². The maximum absolute atomic E-state index is 13.1. The summed E-state index contributed by atoms with van der Waals surface area (Å²) in [4.78, 5) is 0. The summed E-state index contributed by atoms with van der Waals surface area (Å²) in [6.07, 6.45) is 8.09. The second kappa shape index (κ2) is 7.42. The highest BCUT2D eigenvalue weighted by molar-refractivity contribution is 6.31. The zero-order valence-electron chi connectivity index (χ0n) is 12.5. The molecule has 112 valence electrons. The van der Waals surface area contributed by atoms with Crippen LogP contribution in [-0.4, -0.2) is 6.04 Å². The summed E-state index contributed by atoms with van der Waals surface area (Å²) in [7, 11) is 0. The van der Waals surface area contributed by atoms with Crippen molar-refractivity contribution in [3.63, 3.8) is 0 Å². The summed E-state index contributed by atoms with van der Waals surface area (Å²) in [6.45, 7) is 4.37. The topological polar surface area (TPSA) is 12.0 Å². The van der Waals surface area contributed by atoms with E-state index in [4.69, 9.17) is 11.6 Å². The Kier molecular flexibility index (Phi) is 5.86. The van der Waals surface area contributed by atoms with E-state index in [9.17, 15) is 4.39 Å². The molecular formula is C17H25ClFN. The first-order valence-corrected chi connectivity index (χ1v) is 8.16. The van der Waals surface area contributed by atoms with E-state index in [1.165, 1.54) is 50.7 Å². The molecule has 1 saturated carbocycles. The maximum Gasteiger partial charge on any atom is 0.124 e. The zero-order chi connectivity index (χ0) is 14.5. The van der Waals surface area contributed by atoms with Crippen molar-refractivity contribution in [1.29, 1.82) is 0 Å². The molecule has 0 aromatic heterocycles. The molecule has 1 nitrogen and oxygen atoms in total. The average molecular weight is 298 g/mol. The third-order valence-corrected chi connectivity index (χ3v) is 4.88. The van der Waals surface area contributed by atoms with Gasteiger partial charge in [-0.25, -0.2) is 4.39 Å². The Morgan fingerprint density at radius 1 is 1.15 bits per heavy atom. The Balaban J connectivity index is 1.97. The van der Waals surface area contributed by atoms with E-state index in [1.807, 2.05) is 0 Å². The van der Waals surface area contributed by atoms with Crippen LogP contribution in [0.4, 0.5) is 4.39 Å². The highest BCUT2D eigenvalue weighted by Gasteiger charge is 2.21. The summed E-state index contributed by atoms with van der Waals surface area (Å²) in [5.41, 5.74) is 0.980. The quantitative estimate of drug-likeness (QED) is 0.725. The molecule has 20 heavy (non-hydrogen) atoms. The molecule has 1 aromatic carbocycles. The zero-order valence-corrected chi connectivity index (χ0v) is 13.2. The average Bonchev–Trinajstić information content (AvgIpc) is 2.67. The molecular weight excluding hydrogens is 273 g/mol. The lowest BCUT2D eigenvalue weighted by Crippen LogP contribution is -2.35. The maximum atomic E-state index is 13.1. The normalized spacial score (nSPS) is 20.4. The van der Waals surface area contributed by atoms with Gasteiger partial charge in [0.25, 0.3) is 0 Å². The predicted molar refractivity (Wildman–Crippen MR) is 83.6 cm³/mol. The van der Waals surface area contributed by atoms with Gasteiger partial charge in [0, 0.05) is 17.1 Å². The molecule has 2 atom stereocenters. The Morgan fingerprint density at radius 3 is 2.40 bits per heavy atom. The number of hydrogen-bond acceptors (Lipinski definition) is 1. The Bertz CT molecular complexity index is 427. The first-order valence-electron chi connectivity index (χ1n) is 7.79. The second-order valence-electron chi connectivity index (χ2n) is 6.09. The number of nitrogens with one attached hydrogen (secondary N) is 1. The molecule has 0 radical (unpaired) electrons. The van der Waals surface area contributed by atoms with Crippen molar-refractivity contribution in [2.75, 3.05) is 0 Å². The van der Waals surface area contributed by atoms with Crippen LogP contribution in [0.5, 0.6) is 0 Å². The van der Waals surface area contributed by atoms with Gasteiger partial charge in [-0.15, -0.1) is 0 Å². The standard InChI is InChI=1S/C17H25ClFN/c1-12(14-7-5-3-4-6-8-14)20-13(2)16-10-9-15(19)11-17(16)18/h9-14,20H,3-8H2,1-2H3/t12-,13?/m0/s1. The third-order valence-electron chi connectivity index (χ3n) is 4.55. The fraction of sp³-hybridized carbons (Fsp3) is 0.647. The molecule has 3 heteroatoms. The fourth-order valence-electron chi connectivity index (χ4n) is 3.28. The molecule has 0 heterocycles. The molecule has 0 amide bonds. The van der Waals surface area contributed by atoms with Crippen LogP contribution < -0.4 is 5.32 Å². The summed E-state index contributed by atoms with van der Waals surface area (Å²) >= 11 is 6.14. The first-order chi connectivity index (χ1) is 9.58. The smallest absolute Gasteiger partial charge is 0.124 e. The van der Waals surface area contributed by atoms with Gasteiger partial charge in [-0.05, 0) is 50.3 Å². The van der Waals surface area contributed by atoms with Crippen molar-refractivity contribution in [3.8, 4) is 0 Å². The van der Waals surface area contributed by atoms with Crippen LogP contribution in [0.3, 0.4) is 0 Å². The minimum absolute atomic E-state index is 0.154.